The summed E-state index contributed by atoms with van der Waals surface area (Å²) in [5.41, 5.74) is 4.58. The molecule has 2 aromatic heterocycles. The minimum atomic E-state index is -1.48. The van der Waals surface area contributed by atoms with Gasteiger partial charge in [0, 0.05) is 11.6 Å². The summed E-state index contributed by atoms with van der Waals surface area (Å²) in [5, 5.41) is 2.13. The smallest absolute Gasteiger partial charge is 0.131 e. The molecule has 0 unspecified atom stereocenters. The predicted octanol–water partition coefficient (Wildman–Crippen LogP) is 8.66. The number of hydrogen-bond acceptors (Lipinski definition) is 4. The molecule has 0 radical (unpaired) electrons. The molecule has 2 nitrogen and oxygen atoms in total. The van der Waals surface area contributed by atoms with E-state index in [1.54, 1.807) is 0 Å². The summed E-state index contributed by atoms with van der Waals surface area (Å²) in [5.74, 6) is 0. The Bertz CT molecular complexity index is 725. The predicted molar refractivity (Wildman–Crippen MR) is 158 cm³/mol. The molecule has 0 aliphatic heterocycles. The first kappa shape index (κ1) is 29.5. The minimum absolute atomic E-state index is 0.759. The van der Waals surface area contributed by atoms with Crippen molar-refractivity contribution in [2.45, 2.75) is 116 Å². The van der Waals surface area contributed by atoms with Gasteiger partial charge in [-0.3, -0.25) is 9.97 Å². The maximum Gasteiger partial charge on any atom is 0.131 e. The average molecular weight is 609 g/mol. The highest BCUT2D eigenvalue weighted by molar-refractivity contribution is 14.1. The minimum Gasteiger partial charge on any atom is -0.255 e. The molecule has 0 N–H and O–H groups in total. The van der Waals surface area contributed by atoms with Gasteiger partial charge >= 0.3 is 0 Å². The van der Waals surface area contributed by atoms with Crippen LogP contribution in [0.15, 0.2) is 17.8 Å². The quantitative estimate of drug-likeness (QED) is 0.221. The zero-order valence-electron chi connectivity index (χ0n) is 21.8. The monoisotopic (exact) mass is 608 g/mol. The molecule has 178 valence electrons. The van der Waals surface area contributed by atoms with Crippen LogP contribution in [0, 0.1) is 2.88 Å². The van der Waals surface area contributed by atoms with E-state index < -0.39 is 16.1 Å². The lowest BCUT2D eigenvalue weighted by molar-refractivity contribution is 0.833. The Labute approximate surface area is 216 Å². The van der Waals surface area contributed by atoms with E-state index in [4.69, 9.17) is 4.98 Å². The summed E-state index contributed by atoms with van der Waals surface area (Å²) in [6, 6.07) is 0. The van der Waals surface area contributed by atoms with Crippen molar-refractivity contribution in [2.75, 3.05) is 0 Å². The Morgan fingerprint density at radius 1 is 0.645 bits per heavy atom. The first-order valence-corrected chi connectivity index (χ1v) is 19.0. The Balaban J connectivity index is 0.000000311. The van der Waals surface area contributed by atoms with E-state index in [-0.39, 0.29) is 0 Å². The lowest BCUT2D eigenvalue weighted by Gasteiger charge is -2.41. The van der Waals surface area contributed by atoms with E-state index in [2.05, 4.69) is 116 Å². The van der Waals surface area contributed by atoms with Crippen LogP contribution in [0.25, 0.3) is 0 Å². The molecule has 0 bridgehead atoms. The van der Waals surface area contributed by atoms with Gasteiger partial charge in [-0.25, -0.2) is 0 Å². The first-order chi connectivity index (χ1) is 14.3. The third-order valence-corrected chi connectivity index (χ3v) is 25.5. The SMILES string of the molecule is CC(C)[Si](c1ncc(I)s1)(C(C)C)C(C)C.CC(C)[Si](c1nccs1)(C(C)C)C(C)C. The number of nitrogens with zero attached hydrogens (tertiary/aromatic N) is 2. The fourth-order valence-electron chi connectivity index (χ4n) is 6.37. The molecule has 2 heterocycles. The second-order valence-electron chi connectivity index (χ2n) is 10.6. The van der Waals surface area contributed by atoms with Crippen molar-refractivity contribution in [2.24, 2.45) is 0 Å². The van der Waals surface area contributed by atoms with Crippen LogP contribution < -0.4 is 9.26 Å². The number of hydrogen-bond donors (Lipinski definition) is 0. The fourth-order valence-corrected chi connectivity index (χ4v) is 26.4. The van der Waals surface area contributed by atoms with Crippen molar-refractivity contribution in [1.29, 1.82) is 0 Å². The van der Waals surface area contributed by atoms with E-state index in [1.165, 1.54) is 12.1 Å². The van der Waals surface area contributed by atoms with Gasteiger partial charge in [0.15, 0.2) is 0 Å². The highest BCUT2D eigenvalue weighted by Gasteiger charge is 2.47. The number of rotatable bonds is 8. The Morgan fingerprint density at radius 2 is 1.03 bits per heavy atom. The van der Waals surface area contributed by atoms with Gasteiger partial charge in [-0.1, -0.05) is 83.1 Å². The molecule has 0 spiro atoms. The van der Waals surface area contributed by atoms with E-state index in [9.17, 15) is 0 Å². The molecule has 2 aromatic rings. The second kappa shape index (κ2) is 12.2. The van der Waals surface area contributed by atoms with Gasteiger partial charge in [0.2, 0.25) is 0 Å². The van der Waals surface area contributed by atoms with Crippen LogP contribution >= 0.6 is 45.3 Å². The zero-order valence-corrected chi connectivity index (χ0v) is 27.6. The molecule has 0 aliphatic rings. The molecule has 31 heavy (non-hydrogen) atoms. The van der Waals surface area contributed by atoms with E-state index in [1.807, 2.05) is 35.1 Å². The summed E-state index contributed by atoms with van der Waals surface area (Å²) in [7, 11) is -2.92. The second-order valence-corrected chi connectivity index (χ2v) is 26.8. The Morgan fingerprint density at radius 3 is 1.29 bits per heavy atom. The van der Waals surface area contributed by atoms with Crippen LogP contribution in [0.4, 0.5) is 0 Å². The van der Waals surface area contributed by atoms with Crippen molar-refractivity contribution in [3.63, 3.8) is 0 Å². The van der Waals surface area contributed by atoms with Crippen LogP contribution in [0.3, 0.4) is 0 Å². The summed E-state index contributed by atoms with van der Waals surface area (Å²) in [6.45, 7) is 28.6. The molecule has 0 atom stereocenters. The molecule has 0 aliphatic carbocycles. The van der Waals surface area contributed by atoms with Crippen LogP contribution in [0.2, 0.25) is 33.2 Å². The summed E-state index contributed by atoms with van der Waals surface area (Å²) < 4.78 is 4.23. The van der Waals surface area contributed by atoms with Gasteiger partial charge in [0.05, 0.1) is 18.3 Å². The van der Waals surface area contributed by atoms with E-state index >= 15 is 0 Å². The molecular weight excluding hydrogens is 563 g/mol. The molecular formula is C24H45IN2S2Si2. The van der Waals surface area contributed by atoms with Gasteiger partial charge in [-0.15, -0.1) is 22.7 Å². The fraction of sp³-hybridized carbons (Fsp3) is 0.750. The lowest BCUT2D eigenvalue weighted by atomic mass is 10.5. The standard InChI is InChI=1S/C12H22INSSi.C12H23NSSi/c1-8(2)16(9(3)4,10(5)6)12-14-7-11(13)15-12;1-9(2)15(10(3)4,11(5)6)12-13-7-8-14-12/h7-10H,1-6H3;7-11H,1-6H3. The first-order valence-electron chi connectivity index (χ1n) is 11.8. The van der Waals surface area contributed by atoms with Crippen LogP contribution in [-0.2, 0) is 0 Å². The lowest BCUT2D eigenvalue weighted by Crippen LogP contribution is -2.55. The maximum absolute atomic E-state index is 4.72. The zero-order chi connectivity index (χ0) is 24.1. The van der Waals surface area contributed by atoms with Crippen LogP contribution in [0.1, 0.15) is 83.1 Å². The van der Waals surface area contributed by atoms with Crippen LogP contribution in [-0.4, -0.2) is 26.1 Å². The average Bonchev–Trinajstić information content (AvgIpc) is 3.27. The molecule has 0 amide bonds. The Kier molecular flexibility index (Phi) is 11.6. The summed E-state index contributed by atoms with van der Waals surface area (Å²) in [6.07, 6.45) is 4.00. The van der Waals surface area contributed by atoms with E-state index in [0.717, 1.165) is 33.2 Å². The molecule has 0 saturated carbocycles. The highest BCUT2D eigenvalue weighted by atomic mass is 127. The number of thiazole rings is 2. The van der Waals surface area contributed by atoms with Gasteiger partial charge in [-0.2, -0.15) is 0 Å². The van der Waals surface area contributed by atoms with Crippen molar-refractivity contribution in [3.05, 3.63) is 20.7 Å². The normalized spacial score (nSPS) is 13.1. The third kappa shape index (κ3) is 5.92. The number of aromatic nitrogens is 2. The summed E-state index contributed by atoms with van der Waals surface area (Å²) >= 11 is 6.17. The Hall–Kier alpha value is 0.424. The number of halogens is 1. The highest BCUT2D eigenvalue weighted by Crippen LogP contribution is 2.42. The van der Waals surface area contributed by atoms with Gasteiger partial charge in [0.1, 0.15) is 16.1 Å². The molecule has 0 fully saturated rings. The molecule has 7 heteroatoms. The largest absolute Gasteiger partial charge is 0.255 e. The van der Waals surface area contributed by atoms with Crippen molar-refractivity contribution in [3.8, 4) is 0 Å². The van der Waals surface area contributed by atoms with Crippen molar-refractivity contribution < 1.29 is 0 Å². The summed E-state index contributed by atoms with van der Waals surface area (Å²) in [4.78, 5) is 9.36. The molecule has 2 rings (SSSR count). The van der Waals surface area contributed by atoms with E-state index in [0.29, 0.717) is 0 Å². The maximum atomic E-state index is 4.72. The van der Waals surface area contributed by atoms with Crippen LogP contribution in [0.5, 0.6) is 0 Å². The van der Waals surface area contributed by atoms with Crippen molar-refractivity contribution >= 4 is 70.7 Å². The molecule has 0 aromatic carbocycles. The third-order valence-electron chi connectivity index (χ3n) is 7.38. The topological polar surface area (TPSA) is 25.8 Å². The van der Waals surface area contributed by atoms with Crippen molar-refractivity contribution in [1.82, 2.24) is 9.97 Å². The van der Waals surface area contributed by atoms with Gasteiger partial charge in [-0.05, 0) is 55.8 Å². The van der Waals surface area contributed by atoms with Gasteiger partial charge in [0.25, 0.3) is 0 Å². The van der Waals surface area contributed by atoms with Gasteiger partial charge < -0.3 is 0 Å². The molecule has 0 saturated heterocycles.